The van der Waals surface area contributed by atoms with Crippen LogP contribution >= 0.6 is 11.8 Å². The molecule has 0 saturated heterocycles. The Kier molecular flexibility index (Phi) is 7.55. The molecule has 108 valence electrons. The lowest BCUT2D eigenvalue weighted by molar-refractivity contribution is 0.493. The maximum absolute atomic E-state index is 3.66. The van der Waals surface area contributed by atoms with Crippen molar-refractivity contribution in [2.45, 2.75) is 64.5 Å². The molecule has 1 nitrogen and oxygen atoms in total. The van der Waals surface area contributed by atoms with E-state index in [4.69, 9.17) is 0 Å². The van der Waals surface area contributed by atoms with Crippen LogP contribution in [0.5, 0.6) is 0 Å². The van der Waals surface area contributed by atoms with Crippen LogP contribution in [0.1, 0.15) is 50.3 Å². The summed E-state index contributed by atoms with van der Waals surface area (Å²) in [6, 6.07) is 7.51. The Morgan fingerprint density at radius 2 is 1.74 bits per heavy atom. The van der Waals surface area contributed by atoms with Gasteiger partial charge in [-0.1, -0.05) is 50.1 Å². The molecule has 0 radical (unpaired) electrons. The molecule has 0 spiro atoms. The third kappa shape index (κ3) is 6.01. The normalized spacial score (nSPS) is 14.4. The lowest BCUT2D eigenvalue weighted by atomic mass is 10.1. The molecule has 1 aromatic rings. The topological polar surface area (TPSA) is 12.0 Å². The summed E-state index contributed by atoms with van der Waals surface area (Å²) in [5.41, 5.74) is 4.21. The van der Waals surface area contributed by atoms with E-state index in [1.165, 1.54) is 29.5 Å². The molecule has 2 atom stereocenters. The van der Waals surface area contributed by atoms with Crippen molar-refractivity contribution in [1.29, 1.82) is 0 Å². The van der Waals surface area contributed by atoms with Crippen molar-refractivity contribution in [2.24, 2.45) is 0 Å². The molecule has 1 N–H and O–H groups in total. The second-order valence-electron chi connectivity index (χ2n) is 5.48. The Morgan fingerprint density at radius 1 is 1.11 bits per heavy atom. The molecule has 1 rings (SSSR count). The lowest BCUT2D eigenvalue weighted by Gasteiger charge is -2.23. The molecular formula is C17H29NS. The minimum Gasteiger partial charge on any atom is -0.313 e. The molecule has 0 fully saturated rings. The van der Waals surface area contributed by atoms with Gasteiger partial charge in [0.05, 0.1) is 0 Å². The molecule has 0 saturated carbocycles. The van der Waals surface area contributed by atoms with Crippen LogP contribution in [0.2, 0.25) is 0 Å². The van der Waals surface area contributed by atoms with E-state index < -0.39 is 0 Å². The van der Waals surface area contributed by atoms with Crippen LogP contribution in [0.25, 0.3) is 0 Å². The Balaban J connectivity index is 2.49. The van der Waals surface area contributed by atoms with Crippen molar-refractivity contribution in [3.63, 3.8) is 0 Å². The molecule has 19 heavy (non-hydrogen) atoms. The minimum absolute atomic E-state index is 0.635. The van der Waals surface area contributed by atoms with Gasteiger partial charge in [-0.25, -0.2) is 0 Å². The van der Waals surface area contributed by atoms with Crippen molar-refractivity contribution in [2.75, 3.05) is 6.54 Å². The Labute approximate surface area is 123 Å². The van der Waals surface area contributed by atoms with Gasteiger partial charge in [0.1, 0.15) is 0 Å². The van der Waals surface area contributed by atoms with Crippen molar-refractivity contribution in [3.8, 4) is 0 Å². The quantitative estimate of drug-likeness (QED) is 0.740. The van der Waals surface area contributed by atoms with Crippen LogP contribution in [0.15, 0.2) is 18.2 Å². The third-order valence-corrected chi connectivity index (χ3v) is 4.81. The summed E-state index contributed by atoms with van der Waals surface area (Å²) in [5, 5.41) is 4.32. The predicted molar refractivity (Wildman–Crippen MR) is 89.0 cm³/mol. The molecule has 0 heterocycles. The fourth-order valence-electron chi connectivity index (χ4n) is 2.47. The van der Waals surface area contributed by atoms with E-state index >= 15 is 0 Å². The van der Waals surface area contributed by atoms with Crippen molar-refractivity contribution >= 4 is 11.8 Å². The molecule has 0 amide bonds. The number of aryl methyl sites for hydroxylation is 2. The molecule has 0 bridgehead atoms. The smallest absolute Gasteiger partial charge is 0.0188 e. The fourth-order valence-corrected chi connectivity index (χ4v) is 3.61. The number of nitrogens with one attached hydrogen (secondary N) is 1. The number of benzene rings is 1. The van der Waals surface area contributed by atoms with Gasteiger partial charge in [-0.3, -0.25) is 0 Å². The van der Waals surface area contributed by atoms with E-state index in [2.05, 4.69) is 69.9 Å². The second-order valence-corrected chi connectivity index (χ2v) is 6.85. The number of hydrogen-bond donors (Lipinski definition) is 1. The average molecular weight is 279 g/mol. The van der Waals surface area contributed by atoms with Crippen LogP contribution in [-0.4, -0.2) is 17.8 Å². The summed E-state index contributed by atoms with van der Waals surface area (Å²) < 4.78 is 0. The second kappa shape index (κ2) is 8.65. The fraction of sp³-hybridized carbons (Fsp3) is 0.647. The number of thioether (sulfide) groups is 1. The summed E-state index contributed by atoms with van der Waals surface area (Å²) in [4.78, 5) is 0. The predicted octanol–water partition coefficient (Wildman–Crippen LogP) is 4.70. The van der Waals surface area contributed by atoms with E-state index in [9.17, 15) is 0 Å². The van der Waals surface area contributed by atoms with Crippen LogP contribution < -0.4 is 5.32 Å². The van der Waals surface area contributed by atoms with Crippen molar-refractivity contribution in [3.05, 3.63) is 34.9 Å². The maximum Gasteiger partial charge on any atom is 0.0188 e. The molecule has 2 unspecified atom stereocenters. The van der Waals surface area contributed by atoms with Crippen LogP contribution in [-0.2, 0) is 5.75 Å². The summed E-state index contributed by atoms with van der Waals surface area (Å²) in [7, 11) is 0. The monoisotopic (exact) mass is 279 g/mol. The van der Waals surface area contributed by atoms with Gasteiger partial charge in [-0.2, -0.15) is 11.8 Å². The van der Waals surface area contributed by atoms with Gasteiger partial charge < -0.3 is 5.32 Å². The molecule has 1 aromatic carbocycles. The molecule has 2 heteroatoms. The van der Waals surface area contributed by atoms with E-state index in [0.717, 1.165) is 12.3 Å². The first-order valence-electron chi connectivity index (χ1n) is 7.49. The molecule has 0 aliphatic carbocycles. The van der Waals surface area contributed by atoms with E-state index in [1.807, 2.05) is 0 Å². The van der Waals surface area contributed by atoms with Gasteiger partial charge in [0.15, 0.2) is 0 Å². The van der Waals surface area contributed by atoms with Gasteiger partial charge in [0, 0.05) is 17.0 Å². The zero-order valence-corrected chi connectivity index (χ0v) is 13.9. The minimum atomic E-state index is 0.635. The number of hydrogen-bond acceptors (Lipinski definition) is 2. The number of rotatable bonds is 8. The summed E-state index contributed by atoms with van der Waals surface area (Å²) in [5.74, 6) is 1.12. The first-order valence-corrected chi connectivity index (χ1v) is 8.53. The van der Waals surface area contributed by atoms with E-state index in [-0.39, 0.29) is 0 Å². The van der Waals surface area contributed by atoms with Gasteiger partial charge in [-0.05, 0) is 38.8 Å². The van der Waals surface area contributed by atoms with E-state index in [1.54, 1.807) is 0 Å². The van der Waals surface area contributed by atoms with Gasteiger partial charge in [0.2, 0.25) is 0 Å². The standard InChI is InChI=1S/C17H29NS/c1-6-8-18-17(7-2)15(5)19-12-16-10-13(3)9-14(4)11-16/h9-11,15,17-18H,6-8,12H2,1-5H3. The largest absolute Gasteiger partial charge is 0.313 e. The van der Waals surface area contributed by atoms with Crippen LogP contribution in [0.4, 0.5) is 0 Å². The lowest BCUT2D eigenvalue weighted by Crippen LogP contribution is -2.36. The Morgan fingerprint density at radius 3 is 2.26 bits per heavy atom. The van der Waals surface area contributed by atoms with Gasteiger partial charge in [0.25, 0.3) is 0 Å². The summed E-state index contributed by atoms with van der Waals surface area (Å²) in [6.45, 7) is 12.4. The van der Waals surface area contributed by atoms with Gasteiger partial charge in [-0.15, -0.1) is 0 Å². The molecular weight excluding hydrogens is 250 g/mol. The molecule has 0 aliphatic heterocycles. The highest BCUT2D eigenvalue weighted by Crippen LogP contribution is 2.22. The highest BCUT2D eigenvalue weighted by Gasteiger charge is 2.14. The third-order valence-electron chi connectivity index (χ3n) is 3.46. The van der Waals surface area contributed by atoms with Crippen molar-refractivity contribution in [1.82, 2.24) is 5.32 Å². The zero-order valence-electron chi connectivity index (χ0n) is 13.1. The first kappa shape index (κ1) is 16.6. The first-order chi connectivity index (χ1) is 9.06. The maximum atomic E-state index is 3.66. The van der Waals surface area contributed by atoms with Gasteiger partial charge >= 0.3 is 0 Å². The SMILES string of the molecule is CCCNC(CC)C(C)SCc1cc(C)cc(C)c1. The van der Waals surface area contributed by atoms with Crippen LogP contribution in [0, 0.1) is 13.8 Å². The van der Waals surface area contributed by atoms with E-state index in [0.29, 0.717) is 11.3 Å². The highest BCUT2D eigenvalue weighted by atomic mass is 32.2. The Bertz CT molecular complexity index is 355. The zero-order chi connectivity index (χ0) is 14.3. The highest BCUT2D eigenvalue weighted by molar-refractivity contribution is 7.99. The summed E-state index contributed by atoms with van der Waals surface area (Å²) >= 11 is 2.07. The summed E-state index contributed by atoms with van der Waals surface area (Å²) in [6.07, 6.45) is 2.42. The van der Waals surface area contributed by atoms with Crippen molar-refractivity contribution < 1.29 is 0 Å². The molecule has 0 aromatic heterocycles. The Hall–Kier alpha value is -0.470. The molecule has 0 aliphatic rings. The van der Waals surface area contributed by atoms with Crippen LogP contribution in [0.3, 0.4) is 0 Å². The average Bonchev–Trinajstić information content (AvgIpc) is 2.36.